The molecule has 0 aromatic rings. The van der Waals surface area contributed by atoms with Gasteiger partial charge in [-0.25, -0.2) is 0 Å². The highest BCUT2D eigenvalue weighted by atomic mass is 31.1. The smallest absolute Gasteiger partial charge is 0.0328 e. The Morgan fingerprint density at radius 2 is 1.69 bits per heavy atom. The zero-order chi connectivity index (χ0) is 12.2. The standard InChI is InChI=1S/C15H33P/c1-5-8-10-15(7-3)11-12-16-13-14(4)9-6-2/h14-16H,5-13H2,1-4H3. The van der Waals surface area contributed by atoms with Crippen molar-refractivity contribution in [1.82, 2.24) is 0 Å². The minimum absolute atomic E-state index is 0.971. The first-order chi connectivity index (χ1) is 7.74. The van der Waals surface area contributed by atoms with Gasteiger partial charge in [0.2, 0.25) is 0 Å². The molecule has 0 saturated heterocycles. The van der Waals surface area contributed by atoms with E-state index in [4.69, 9.17) is 0 Å². The Bertz CT molecular complexity index is 133. The van der Waals surface area contributed by atoms with Crippen LogP contribution in [0.25, 0.3) is 0 Å². The van der Waals surface area contributed by atoms with Gasteiger partial charge in [-0.2, -0.15) is 0 Å². The average Bonchev–Trinajstić information content (AvgIpc) is 2.28. The summed E-state index contributed by atoms with van der Waals surface area (Å²) in [6.45, 7) is 9.40. The molecule has 98 valence electrons. The normalized spacial score (nSPS) is 15.8. The van der Waals surface area contributed by atoms with Crippen LogP contribution in [0.15, 0.2) is 0 Å². The third kappa shape index (κ3) is 9.64. The van der Waals surface area contributed by atoms with Gasteiger partial charge < -0.3 is 0 Å². The van der Waals surface area contributed by atoms with Crippen LogP contribution in [0.3, 0.4) is 0 Å². The lowest BCUT2D eigenvalue weighted by atomic mass is 9.97. The van der Waals surface area contributed by atoms with Gasteiger partial charge in [0.1, 0.15) is 0 Å². The van der Waals surface area contributed by atoms with Gasteiger partial charge >= 0.3 is 0 Å². The number of hydrogen-bond acceptors (Lipinski definition) is 0. The van der Waals surface area contributed by atoms with Gasteiger partial charge in [-0.3, -0.25) is 0 Å². The van der Waals surface area contributed by atoms with Crippen LogP contribution in [0.4, 0.5) is 0 Å². The molecule has 0 radical (unpaired) electrons. The lowest BCUT2D eigenvalue weighted by molar-refractivity contribution is 0.441. The molecule has 0 fully saturated rings. The summed E-state index contributed by atoms with van der Waals surface area (Å²) in [4.78, 5) is 0. The molecule has 0 aliphatic heterocycles. The summed E-state index contributed by atoms with van der Waals surface area (Å²) in [5, 5.41) is 0. The Hall–Kier alpha value is 0.430. The summed E-state index contributed by atoms with van der Waals surface area (Å²) >= 11 is 0. The molecule has 0 bridgehead atoms. The summed E-state index contributed by atoms with van der Waals surface area (Å²) < 4.78 is 0. The number of rotatable bonds is 11. The lowest BCUT2D eigenvalue weighted by Gasteiger charge is -2.15. The van der Waals surface area contributed by atoms with Crippen molar-refractivity contribution in [1.29, 1.82) is 0 Å². The SMILES string of the molecule is CCCCC(CC)CCPCC(C)CCC. The van der Waals surface area contributed by atoms with Gasteiger partial charge in [-0.15, -0.1) is 8.58 Å². The molecule has 16 heavy (non-hydrogen) atoms. The summed E-state index contributed by atoms with van der Waals surface area (Å²) in [5.74, 6) is 1.99. The van der Waals surface area contributed by atoms with Crippen molar-refractivity contribution in [2.75, 3.05) is 12.3 Å². The highest BCUT2D eigenvalue weighted by Gasteiger charge is 2.06. The molecule has 0 N–H and O–H groups in total. The summed E-state index contributed by atoms with van der Waals surface area (Å²) in [6, 6.07) is 0. The molecular weight excluding hydrogens is 211 g/mol. The molecule has 0 amide bonds. The maximum Gasteiger partial charge on any atom is -0.0328 e. The van der Waals surface area contributed by atoms with E-state index < -0.39 is 0 Å². The fourth-order valence-corrected chi connectivity index (χ4v) is 3.81. The van der Waals surface area contributed by atoms with Crippen molar-refractivity contribution < 1.29 is 0 Å². The molecule has 0 aliphatic rings. The molecule has 0 nitrogen and oxygen atoms in total. The second-order valence-electron chi connectivity index (χ2n) is 5.30. The molecule has 3 unspecified atom stereocenters. The van der Waals surface area contributed by atoms with Gasteiger partial charge in [0.15, 0.2) is 0 Å². The van der Waals surface area contributed by atoms with Gasteiger partial charge in [-0.1, -0.05) is 66.2 Å². The van der Waals surface area contributed by atoms with E-state index >= 15 is 0 Å². The zero-order valence-electron chi connectivity index (χ0n) is 12.0. The topological polar surface area (TPSA) is 0 Å². The Kier molecular flexibility index (Phi) is 12.2. The van der Waals surface area contributed by atoms with Crippen LogP contribution in [0.5, 0.6) is 0 Å². The van der Waals surface area contributed by atoms with E-state index in [0.717, 1.165) is 11.8 Å². The van der Waals surface area contributed by atoms with Crippen molar-refractivity contribution in [3.8, 4) is 0 Å². The Labute approximate surface area is 106 Å². The van der Waals surface area contributed by atoms with Crippen molar-refractivity contribution in [3.63, 3.8) is 0 Å². The van der Waals surface area contributed by atoms with Crippen molar-refractivity contribution in [2.24, 2.45) is 11.8 Å². The molecule has 0 spiro atoms. The maximum absolute atomic E-state index is 2.42. The second-order valence-corrected chi connectivity index (χ2v) is 6.71. The molecule has 0 rings (SSSR count). The first-order valence-corrected chi connectivity index (χ1v) is 8.86. The van der Waals surface area contributed by atoms with E-state index in [2.05, 4.69) is 27.7 Å². The lowest BCUT2D eigenvalue weighted by Crippen LogP contribution is -2.02. The second kappa shape index (κ2) is 11.9. The molecule has 0 saturated carbocycles. The summed E-state index contributed by atoms with van der Waals surface area (Å²) in [6.07, 6.45) is 12.9. The van der Waals surface area contributed by atoms with Crippen LogP contribution in [0.2, 0.25) is 0 Å². The van der Waals surface area contributed by atoms with Crippen LogP contribution in [-0.4, -0.2) is 12.3 Å². The van der Waals surface area contributed by atoms with E-state index in [-0.39, 0.29) is 0 Å². The largest absolute Gasteiger partial charge is 0.122 e. The van der Waals surface area contributed by atoms with Crippen LogP contribution in [0, 0.1) is 11.8 Å². The van der Waals surface area contributed by atoms with Gasteiger partial charge in [0.25, 0.3) is 0 Å². The summed E-state index contributed by atoms with van der Waals surface area (Å²) in [7, 11) is 1.22. The Morgan fingerprint density at radius 1 is 0.938 bits per heavy atom. The monoisotopic (exact) mass is 244 g/mol. The molecular formula is C15H33P. The van der Waals surface area contributed by atoms with Crippen molar-refractivity contribution >= 4 is 8.58 Å². The van der Waals surface area contributed by atoms with Crippen LogP contribution >= 0.6 is 8.58 Å². The van der Waals surface area contributed by atoms with Crippen LogP contribution < -0.4 is 0 Å². The minimum Gasteiger partial charge on any atom is -0.122 e. The quantitative estimate of drug-likeness (QED) is 0.323. The molecule has 1 heteroatoms. The van der Waals surface area contributed by atoms with Crippen molar-refractivity contribution in [2.45, 2.75) is 72.6 Å². The van der Waals surface area contributed by atoms with E-state index in [9.17, 15) is 0 Å². The molecule has 0 aromatic carbocycles. The Balaban J connectivity index is 3.39. The predicted molar refractivity (Wildman–Crippen MR) is 80.0 cm³/mol. The van der Waals surface area contributed by atoms with Crippen molar-refractivity contribution in [3.05, 3.63) is 0 Å². The fraction of sp³-hybridized carbons (Fsp3) is 1.00. The number of unbranched alkanes of at least 4 members (excludes halogenated alkanes) is 1. The average molecular weight is 244 g/mol. The predicted octanol–water partition coefficient (Wildman–Crippen LogP) is 5.71. The van der Waals surface area contributed by atoms with E-state index in [0.29, 0.717) is 0 Å². The first kappa shape index (κ1) is 16.4. The first-order valence-electron chi connectivity index (χ1n) is 7.45. The fourth-order valence-electron chi connectivity index (χ4n) is 2.29. The highest BCUT2D eigenvalue weighted by molar-refractivity contribution is 7.37. The van der Waals surface area contributed by atoms with Gasteiger partial charge in [0, 0.05) is 0 Å². The van der Waals surface area contributed by atoms with Gasteiger partial charge in [0.05, 0.1) is 0 Å². The third-order valence-electron chi connectivity index (χ3n) is 3.55. The van der Waals surface area contributed by atoms with Gasteiger partial charge in [-0.05, 0) is 30.6 Å². The zero-order valence-corrected chi connectivity index (χ0v) is 13.0. The molecule has 0 aliphatic carbocycles. The molecule has 0 heterocycles. The number of hydrogen-bond donors (Lipinski definition) is 0. The summed E-state index contributed by atoms with van der Waals surface area (Å²) in [5.41, 5.74) is 0. The Morgan fingerprint density at radius 3 is 2.25 bits per heavy atom. The molecule has 0 aromatic heterocycles. The van der Waals surface area contributed by atoms with E-state index in [1.807, 2.05) is 0 Å². The third-order valence-corrected chi connectivity index (χ3v) is 5.17. The van der Waals surface area contributed by atoms with E-state index in [1.54, 1.807) is 0 Å². The molecule has 3 atom stereocenters. The van der Waals surface area contributed by atoms with Crippen LogP contribution in [-0.2, 0) is 0 Å². The highest BCUT2D eigenvalue weighted by Crippen LogP contribution is 2.24. The van der Waals surface area contributed by atoms with E-state index in [1.165, 1.54) is 65.9 Å². The maximum atomic E-state index is 2.42. The minimum atomic E-state index is 0.971. The van der Waals surface area contributed by atoms with Crippen LogP contribution in [0.1, 0.15) is 72.6 Å².